The summed E-state index contributed by atoms with van der Waals surface area (Å²) in [6.45, 7) is 0. The predicted octanol–water partition coefficient (Wildman–Crippen LogP) is 3.25. The van der Waals surface area contributed by atoms with Gasteiger partial charge in [-0.3, -0.25) is 14.9 Å². The molecule has 0 aliphatic heterocycles. The van der Waals surface area contributed by atoms with Gasteiger partial charge in [-0.05, 0) is 76.5 Å². The van der Waals surface area contributed by atoms with Gasteiger partial charge in [-0.2, -0.15) is 9.78 Å². The number of nitrogens with one attached hydrogen (secondary N) is 3. The van der Waals surface area contributed by atoms with Crippen LogP contribution in [0, 0.1) is 0 Å². The Morgan fingerprint density at radius 2 is 1.93 bits per heavy atom. The first-order valence-electron chi connectivity index (χ1n) is 12.7. The van der Waals surface area contributed by atoms with Crippen molar-refractivity contribution in [3.8, 4) is 16.8 Å². The first-order chi connectivity index (χ1) is 20.7. The highest BCUT2D eigenvalue weighted by molar-refractivity contribution is 6.30. The zero-order chi connectivity index (χ0) is 30.3. The number of tetrazole rings is 1. The maximum absolute atomic E-state index is 13.2. The SMILES string of the molecule is Nc1ccc(CC(NC(=O)C=Cc2cc(Cl)ccc2-n2cnnn2)c2cc(-c3ccc(NC(=O)O)cc3)c(=O)[nH]n2)cn1. The molecule has 2 aromatic carbocycles. The van der Waals surface area contributed by atoms with Crippen molar-refractivity contribution in [2.24, 2.45) is 0 Å². The average molecular weight is 599 g/mol. The Morgan fingerprint density at radius 3 is 2.63 bits per heavy atom. The molecule has 6 N–H and O–H groups in total. The van der Waals surface area contributed by atoms with Gasteiger partial charge >= 0.3 is 6.09 Å². The van der Waals surface area contributed by atoms with Gasteiger partial charge in [0.2, 0.25) is 5.91 Å². The number of hydrogen-bond donors (Lipinski definition) is 5. The van der Waals surface area contributed by atoms with Crippen LogP contribution in [0.4, 0.5) is 16.3 Å². The summed E-state index contributed by atoms with van der Waals surface area (Å²) in [5.41, 5.74) is 8.77. The van der Waals surface area contributed by atoms with E-state index in [-0.39, 0.29) is 12.0 Å². The Morgan fingerprint density at radius 1 is 1.12 bits per heavy atom. The molecule has 15 heteroatoms. The summed E-state index contributed by atoms with van der Waals surface area (Å²) in [7, 11) is 0. The second-order valence-electron chi connectivity index (χ2n) is 9.19. The molecule has 5 rings (SSSR count). The molecule has 0 radical (unpaired) electrons. The van der Waals surface area contributed by atoms with E-state index >= 15 is 0 Å². The molecule has 0 spiro atoms. The van der Waals surface area contributed by atoms with Crippen LogP contribution in [0.15, 0.2) is 84.1 Å². The number of hydrogen-bond acceptors (Lipinski definition) is 9. The molecule has 1 unspecified atom stereocenters. The number of rotatable bonds is 9. The van der Waals surface area contributed by atoms with Crippen molar-refractivity contribution in [1.82, 2.24) is 40.7 Å². The zero-order valence-electron chi connectivity index (χ0n) is 22.2. The summed E-state index contributed by atoms with van der Waals surface area (Å²) in [5, 5.41) is 32.5. The Bertz CT molecular complexity index is 1840. The lowest BCUT2D eigenvalue weighted by Gasteiger charge is -2.18. The Hall–Kier alpha value is -5.89. The molecule has 3 heterocycles. The van der Waals surface area contributed by atoms with Crippen LogP contribution in [-0.4, -0.2) is 52.5 Å². The highest BCUT2D eigenvalue weighted by Crippen LogP contribution is 2.24. The highest BCUT2D eigenvalue weighted by Gasteiger charge is 2.19. The molecule has 0 saturated carbocycles. The molecule has 0 saturated heterocycles. The second kappa shape index (κ2) is 12.7. The molecule has 0 fully saturated rings. The molecular weight excluding hydrogens is 576 g/mol. The summed E-state index contributed by atoms with van der Waals surface area (Å²) in [5.74, 6) is -0.104. The molecule has 2 amide bonds. The van der Waals surface area contributed by atoms with Crippen molar-refractivity contribution < 1.29 is 14.7 Å². The third-order valence-electron chi connectivity index (χ3n) is 6.23. The maximum Gasteiger partial charge on any atom is 0.409 e. The van der Waals surface area contributed by atoms with Crippen LogP contribution >= 0.6 is 11.6 Å². The number of aromatic amines is 1. The van der Waals surface area contributed by atoms with Crippen LogP contribution in [0.1, 0.15) is 22.9 Å². The fourth-order valence-corrected chi connectivity index (χ4v) is 4.40. The van der Waals surface area contributed by atoms with Crippen LogP contribution in [0.25, 0.3) is 22.9 Å². The van der Waals surface area contributed by atoms with E-state index in [0.717, 1.165) is 5.56 Å². The summed E-state index contributed by atoms with van der Waals surface area (Å²) < 4.78 is 1.45. The number of nitrogens with zero attached hydrogens (tertiary/aromatic N) is 6. The fourth-order valence-electron chi connectivity index (χ4n) is 4.22. The van der Waals surface area contributed by atoms with E-state index in [0.29, 0.717) is 39.0 Å². The van der Waals surface area contributed by atoms with Gasteiger partial charge in [0.25, 0.3) is 5.56 Å². The van der Waals surface area contributed by atoms with E-state index in [1.807, 2.05) is 0 Å². The fraction of sp³-hybridized carbons (Fsp3) is 0.0714. The number of carbonyl (C=O) groups excluding carboxylic acids is 1. The second-order valence-corrected chi connectivity index (χ2v) is 9.63. The molecule has 216 valence electrons. The van der Waals surface area contributed by atoms with E-state index in [2.05, 4.69) is 41.3 Å². The van der Waals surface area contributed by atoms with Gasteiger partial charge in [-0.25, -0.2) is 14.9 Å². The lowest BCUT2D eigenvalue weighted by molar-refractivity contribution is -0.117. The molecule has 0 bridgehead atoms. The topological polar surface area (TPSA) is 207 Å². The van der Waals surface area contributed by atoms with Gasteiger partial charge in [0.1, 0.15) is 12.1 Å². The number of benzene rings is 2. The summed E-state index contributed by atoms with van der Waals surface area (Å²) in [6, 6.07) is 15.7. The number of halogens is 1. The summed E-state index contributed by atoms with van der Waals surface area (Å²) >= 11 is 6.19. The standard InChI is InChI=1S/C28H23ClN10O4/c29-19-5-8-24(39-15-32-37-38-39)18(12-19)4-10-26(40)34-22(11-16-1-9-25(30)31-14-16)23-13-21(27(41)36-35-23)17-2-6-20(7-3-17)33-28(42)43/h1-10,12-15,22,33H,11H2,(H2,30,31)(H,34,40)(H,36,41)(H,42,43). The van der Waals surface area contributed by atoms with E-state index in [4.69, 9.17) is 22.4 Å². The van der Waals surface area contributed by atoms with Crippen LogP contribution in [0.2, 0.25) is 5.02 Å². The van der Waals surface area contributed by atoms with Crippen molar-refractivity contribution in [3.05, 3.63) is 111 Å². The molecule has 0 aliphatic rings. The molecule has 0 aliphatic carbocycles. The van der Waals surface area contributed by atoms with Crippen LogP contribution in [-0.2, 0) is 11.2 Å². The van der Waals surface area contributed by atoms with Gasteiger partial charge < -0.3 is 16.2 Å². The quantitative estimate of drug-likeness (QED) is 0.156. The number of carbonyl (C=O) groups is 2. The lowest BCUT2D eigenvalue weighted by Crippen LogP contribution is -2.30. The third-order valence-corrected chi connectivity index (χ3v) is 6.47. The van der Waals surface area contributed by atoms with Gasteiger partial charge in [-0.1, -0.05) is 29.8 Å². The maximum atomic E-state index is 13.2. The van der Waals surface area contributed by atoms with Crippen LogP contribution in [0.5, 0.6) is 0 Å². The van der Waals surface area contributed by atoms with Gasteiger partial charge in [-0.15, -0.1) is 5.10 Å². The first kappa shape index (κ1) is 28.6. The number of anilines is 2. The van der Waals surface area contributed by atoms with E-state index < -0.39 is 23.6 Å². The van der Waals surface area contributed by atoms with Crippen molar-refractivity contribution in [2.75, 3.05) is 11.1 Å². The van der Waals surface area contributed by atoms with Crippen LogP contribution in [0.3, 0.4) is 0 Å². The number of pyridine rings is 1. The Balaban J connectivity index is 1.44. The van der Waals surface area contributed by atoms with Gasteiger partial charge in [0.05, 0.1) is 23.0 Å². The largest absolute Gasteiger partial charge is 0.465 e. The van der Waals surface area contributed by atoms with Gasteiger partial charge in [0.15, 0.2) is 0 Å². The normalized spacial score (nSPS) is 11.7. The predicted molar refractivity (Wildman–Crippen MR) is 158 cm³/mol. The highest BCUT2D eigenvalue weighted by atomic mass is 35.5. The van der Waals surface area contributed by atoms with E-state index in [1.165, 1.54) is 29.2 Å². The third kappa shape index (κ3) is 7.25. The van der Waals surface area contributed by atoms with Crippen molar-refractivity contribution in [3.63, 3.8) is 0 Å². The minimum atomic E-state index is -1.21. The number of nitrogen functional groups attached to an aromatic ring is 1. The molecule has 3 aromatic heterocycles. The van der Waals surface area contributed by atoms with E-state index in [9.17, 15) is 14.4 Å². The number of nitrogens with two attached hydrogens (primary N) is 1. The molecular formula is C28H23ClN10O4. The smallest absolute Gasteiger partial charge is 0.409 e. The molecule has 14 nitrogen and oxygen atoms in total. The average Bonchev–Trinajstić information content (AvgIpc) is 3.52. The first-order valence-corrected chi connectivity index (χ1v) is 13.0. The number of carboxylic acid groups (broad SMARTS) is 1. The van der Waals surface area contributed by atoms with Crippen molar-refractivity contribution in [2.45, 2.75) is 12.5 Å². The van der Waals surface area contributed by atoms with Crippen molar-refractivity contribution in [1.29, 1.82) is 0 Å². The minimum absolute atomic E-state index is 0.278. The molecule has 5 aromatic rings. The zero-order valence-corrected chi connectivity index (χ0v) is 22.9. The summed E-state index contributed by atoms with van der Waals surface area (Å²) in [4.78, 5) is 41.0. The Kier molecular flexibility index (Phi) is 8.48. The van der Waals surface area contributed by atoms with E-state index in [1.54, 1.807) is 60.8 Å². The number of H-pyrrole nitrogens is 1. The number of aromatic nitrogens is 7. The van der Waals surface area contributed by atoms with Crippen molar-refractivity contribution >= 4 is 41.2 Å². The number of amides is 2. The van der Waals surface area contributed by atoms with Crippen LogP contribution < -0.4 is 21.9 Å². The Labute approximate surface area is 248 Å². The summed E-state index contributed by atoms with van der Waals surface area (Å²) in [6.07, 6.45) is 5.01. The minimum Gasteiger partial charge on any atom is -0.465 e. The monoisotopic (exact) mass is 598 g/mol. The lowest BCUT2D eigenvalue weighted by atomic mass is 10.0. The molecule has 1 atom stereocenters. The molecule has 43 heavy (non-hydrogen) atoms. The van der Waals surface area contributed by atoms with Gasteiger partial charge in [0, 0.05) is 28.5 Å².